The number of nitrogens with one attached hydrogen (secondary N) is 2. The molecule has 5 heterocycles. The predicted octanol–water partition coefficient (Wildman–Crippen LogP) is 5.34. The van der Waals surface area contributed by atoms with E-state index in [0.29, 0.717) is 5.82 Å². The molecule has 4 aromatic heterocycles. The number of H-pyrrole nitrogens is 1. The van der Waals surface area contributed by atoms with Crippen molar-refractivity contribution in [3.8, 4) is 28.6 Å². The maximum Gasteiger partial charge on any atom is 0.202 e. The lowest BCUT2D eigenvalue weighted by Crippen LogP contribution is -2.53. The lowest BCUT2D eigenvalue weighted by molar-refractivity contribution is -0.247. The number of pyridine rings is 1. The van der Waals surface area contributed by atoms with E-state index in [2.05, 4.69) is 69.1 Å². The molecule has 1 aliphatic heterocycles. The van der Waals surface area contributed by atoms with Gasteiger partial charge < -0.3 is 60.3 Å². The number of Topliss-reactive ketones (excluding diaryl/α,β-unsaturated/α-hetero) is 1. The molecule has 0 bridgehead atoms. The number of methoxy groups -OCH3 is 1. The van der Waals surface area contributed by atoms with Crippen molar-refractivity contribution < 1.29 is 54.1 Å². The second-order valence-electron chi connectivity index (χ2n) is 18.3. The van der Waals surface area contributed by atoms with Crippen molar-refractivity contribution in [1.29, 1.82) is 0 Å². The number of nitrogens with two attached hydrogens (primary N) is 1. The first-order chi connectivity index (χ1) is 33.5. The van der Waals surface area contributed by atoms with Crippen molar-refractivity contribution in [1.82, 2.24) is 29.5 Å². The number of aliphatic hydroxyl groups excluding tert-OH is 2. The fourth-order valence-electron chi connectivity index (χ4n) is 9.63. The first-order valence-corrected chi connectivity index (χ1v) is 23.0. The van der Waals surface area contributed by atoms with E-state index in [1.165, 1.54) is 36.3 Å². The van der Waals surface area contributed by atoms with Crippen molar-refractivity contribution in [3.63, 3.8) is 0 Å². The Balaban J connectivity index is 0.000000192. The average molecular weight is 991 g/mol. The number of fused-ring (bicyclic) bond motifs is 5. The van der Waals surface area contributed by atoms with E-state index in [4.69, 9.17) is 29.9 Å². The van der Waals surface area contributed by atoms with E-state index in [1.54, 1.807) is 13.1 Å². The maximum absolute atomic E-state index is 13.6. The van der Waals surface area contributed by atoms with E-state index < -0.39 is 95.7 Å². The summed E-state index contributed by atoms with van der Waals surface area (Å²) in [6.07, 6.45) is 3.32. The van der Waals surface area contributed by atoms with Crippen LogP contribution in [0.3, 0.4) is 0 Å². The number of hydrogen-bond donors (Lipinski definition) is 8. The summed E-state index contributed by atoms with van der Waals surface area (Å²) in [4.78, 5) is 61.7. The molecule has 9 N–H and O–H groups in total. The Morgan fingerprint density at radius 1 is 1.06 bits per heavy atom. The molecule has 2 aliphatic carbocycles. The minimum Gasteiger partial charge on any atom is -0.507 e. The van der Waals surface area contributed by atoms with Crippen LogP contribution in [0, 0.1) is 6.92 Å². The van der Waals surface area contributed by atoms with E-state index in [9.17, 15) is 39.9 Å². The molecule has 20 heteroatoms. The summed E-state index contributed by atoms with van der Waals surface area (Å²) in [5.41, 5.74) is 8.41. The van der Waals surface area contributed by atoms with Crippen LogP contribution in [0.2, 0.25) is 0 Å². The number of ether oxygens (including phenoxy) is 3. The summed E-state index contributed by atoms with van der Waals surface area (Å²) in [5, 5.41) is 58.5. The average Bonchev–Trinajstić information content (AvgIpc) is 3.98. The molecule has 7 aromatic rings. The number of aliphatic hydroxyl groups is 3. The third kappa shape index (κ3) is 9.21. The highest BCUT2D eigenvalue weighted by Crippen LogP contribution is 2.52. The Morgan fingerprint density at radius 3 is 2.54 bits per heavy atom. The number of phenols is 2. The molecule has 0 amide bonds. The van der Waals surface area contributed by atoms with Gasteiger partial charge in [-0.05, 0) is 63.4 Å². The summed E-state index contributed by atoms with van der Waals surface area (Å²) in [6.45, 7) is 7.58. The number of hydrogen-bond acceptors (Lipinski definition) is 17. The van der Waals surface area contributed by atoms with Crippen LogP contribution in [0.15, 0.2) is 73.4 Å². The Hall–Kier alpha value is -6.84. The van der Waals surface area contributed by atoms with Crippen molar-refractivity contribution >= 4 is 57.6 Å². The number of anilines is 1. The predicted molar refractivity (Wildman–Crippen MR) is 263 cm³/mol. The second-order valence-corrected chi connectivity index (χ2v) is 18.3. The van der Waals surface area contributed by atoms with Gasteiger partial charge in [-0.25, -0.2) is 15.0 Å². The number of halogens is 1. The number of aromatic hydroxyl groups is 2. The van der Waals surface area contributed by atoms with E-state index in [1.807, 2.05) is 25.5 Å². The van der Waals surface area contributed by atoms with Crippen LogP contribution in [0.5, 0.6) is 17.2 Å². The van der Waals surface area contributed by atoms with Gasteiger partial charge >= 0.3 is 0 Å². The number of rotatable bonds is 11. The molecule has 19 nitrogen and oxygen atoms in total. The molecule has 1 fully saturated rings. The van der Waals surface area contributed by atoms with Crippen molar-refractivity contribution in [2.45, 2.75) is 95.7 Å². The fourth-order valence-corrected chi connectivity index (χ4v) is 9.63. The smallest absolute Gasteiger partial charge is 0.202 e. The summed E-state index contributed by atoms with van der Waals surface area (Å²) < 4.78 is 19.1. The number of carbonyl (C=O) groups excluding carboxylic acids is 3. The zero-order valence-electron chi connectivity index (χ0n) is 39.5. The molecule has 3 aliphatic rings. The number of aromatic amines is 1. The Kier molecular flexibility index (Phi) is 14.3. The van der Waals surface area contributed by atoms with Gasteiger partial charge in [-0.15, -0.1) is 12.4 Å². The lowest BCUT2D eigenvalue weighted by atomic mass is 9.72. The quantitative estimate of drug-likeness (QED) is 0.0759. The topological polar surface area (TPSA) is 290 Å². The Labute approximate surface area is 413 Å². The highest BCUT2D eigenvalue weighted by atomic mass is 35.5. The zero-order valence-corrected chi connectivity index (χ0v) is 40.4. The molecule has 0 spiro atoms. The van der Waals surface area contributed by atoms with Gasteiger partial charge in [0.1, 0.15) is 35.0 Å². The van der Waals surface area contributed by atoms with Crippen molar-refractivity contribution in [3.05, 3.63) is 118 Å². The molecule has 0 radical (unpaired) electrons. The molecule has 1 saturated heterocycles. The largest absolute Gasteiger partial charge is 0.507 e. The summed E-state index contributed by atoms with van der Waals surface area (Å²) in [7, 11) is 1.32. The third-order valence-electron chi connectivity index (χ3n) is 13.3. The third-order valence-corrected chi connectivity index (χ3v) is 13.3. The second kappa shape index (κ2) is 20.1. The normalized spacial score (nSPS) is 21.5. The SMILES string of the molecule is COc1cccc2c1C(=O)c1c(O)c3c(c(O)c1C2=O)CC(O)(C(=O)CO)CC3OC1CC(N)C(O)C(C)O1.Cc1cncc(-c2nc(NCCc3c[nH]c4ccccc34)c3ncn(C(C)C)c3n2)c1.Cl. The Bertz CT molecular complexity index is 3180. The first kappa shape index (κ1) is 50.5. The van der Waals surface area contributed by atoms with E-state index in [0.717, 1.165) is 46.6 Å². The maximum atomic E-state index is 13.6. The molecule has 6 atom stereocenters. The molecular weight excluding hydrogens is 936 g/mol. The lowest BCUT2D eigenvalue weighted by Gasteiger charge is -2.42. The number of ketones is 3. The van der Waals surface area contributed by atoms with Gasteiger partial charge in [0, 0.05) is 89.6 Å². The first-order valence-electron chi connectivity index (χ1n) is 23.0. The van der Waals surface area contributed by atoms with Crippen LogP contribution in [-0.4, -0.2) is 123 Å². The number of imidazole rings is 1. The van der Waals surface area contributed by atoms with Gasteiger partial charge in [0.25, 0.3) is 0 Å². The van der Waals surface area contributed by atoms with Gasteiger partial charge in [-0.1, -0.05) is 30.3 Å². The molecule has 3 aromatic carbocycles. The van der Waals surface area contributed by atoms with Crippen LogP contribution in [0.25, 0.3) is 33.5 Å². The standard InChI is InChI=1S/C27H29NO11.C24H25N7.ClH/c1-10-22(31)13(28)6-17(38-10)39-15-8-27(36,16(30)9-29)7-12-19(15)26(35)21-20(24(12)33)23(32)11-4-3-5-14(37-2)18(11)25(21)34;1-15(2)31-14-28-21-23(26-9-8-17-13-27-20-7-5-4-6-19(17)20)29-22(30-24(21)31)18-10-16(3)11-25-12-18;/h3-5,10,13,15,17,22,29,31,33,35-36H,6-9,28H2,1-2H3;4-7,10-15,27H,8-9H2,1-3H3,(H,26,29,30);1H. The zero-order chi connectivity index (χ0) is 49.8. The number of aromatic nitrogens is 6. The monoisotopic (exact) mass is 990 g/mol. The van der Waals surface area contributed by atoms with Gasteiger partial charge in [0.2, 0.25) is 5.78 Å². The van der Waals surface area contributed by atoms with Crippen LogP contribution in [0.1, 0.15) is 99.9 Å². The summed E-state index contributed by atoms with van der Waals surface area (Å²) in [6, 6.07) is 14.3. The molecular formula is C51H55ClN8O11. The highest BCUT2D eigenvalue weighted by Gasteiger charge is 2.50. The van der Waals surface area contributed by atoms with Crippen molar-refractivity contribution in [2.24, 2.45) is 5.73 Å². The molecule has 372 valence electrons. The van der Waals surface area contributed by atoms with Crippen LogP contribution in [-0.2, 0) is 27.1 Å². The van der Waals surface area contributed by atoms with Gasteiger partial charge in [0.05, 0.1) is 48.4 Å². The highest BCUT2D eigenvalue weighted by molar-refractivity contribution is 6.31. The van der Waals surface area contributed by atoms with E-state index >= 15 is 0 Å². The van der Waals surface area contributed by atoms with Crippen LogP contribution < -0.4 is 15.8 Å². The number of para-hydroxylation sites is 1. The number of benzene rings is 3. The molecule has 6 unspecified atom stereocenters. The molecule has 0 saturated carbocycles. The summed E-state index contributed by atoms with van der Waals surface area (Å²) in [5.74, 6) is -2.37. The van der Waals surface area contributed by atoms with Gasteiger partial charge in [-0.3, -0.25) is 19.4 Å². The van der Waals surface area contributed by atoms with Crippen LogP contribution in [0.4, 0.5) is 5.82 Å². The number of carbonyl (C=O) groups is 3. The van der Waals surface area contributed by atoms with E-state index in [-0.39, 0.29) is 52.9 Å². The fraction of sp³-hybridized carbons (Fsp3) is 0.353. The van der Waals surface area contributed by atoms with Crippen molar-refractivity contribution in [2.75, 3.05) is 25.6 Å². The van der Waals surface area contributed by atoms with Gasteiger partial charge in [-0.2, -0.15) is 0 Å². The van der Waals surface area contributed by atoms with Gasteiger partial charge in [0.15, 0.2) is 35.1 Å². The number of nitrogens with zero attached hydrogens (tertiary/aromatic N) is 5. The number of aryl methyl sites for hydroxylation is 1. The summed E-state index contributed by atoms with van der Waals surface area (Å²) >= 11 is 0. The number of phenolic OH excluding ortho intramolecular Hbond substituents is 2. The van der Waals surface area contributed by atoms with Crippen LogP contribution >= 0.6 is 12.4 Å². The molecule has 71 heavy (non-hydrogen) atoms. The molecule has 10 rings (SSSR count). The minimum atomic E-state index is -2.24. The minimum absolute atomic E-state index is 0. The Morgan fingerprint density at radius 2 is 1.82 bits per heavy atom.